The number of hydrogen-bond acceptors (Lipinski definition) is 3. The summed E-state index contributed by atoms with van der Waals surface area (Å²) in [6.45, 7) is 6.62. The number of hydrogen-bond donors (Lipinski definition) is 2. The lowest BCUT2D eigenvalue weighted by atomic mass is 10.1. The second-order valence-corrected chi connectivity index (χ2v) is 5.69. The Balaban J connectivity index is 1.81. The molecule has 1 aromatic rings. The molecule has 104 valence electrons. The van der Waals surface area contributed by atoms with Crippen LogP contribution in [0.3, 0.4) is 0 Å². The van der Waals surface area contributed by atoms with Gasteiger partial charge < -0.3 is 10.4 Å². The van der Waals surface area contributed by atoms with E-state index in [1.807, 2.05) is 27.0 Å². The highest BCUT2D eigenvalue weighted by atomic mass is 16.4. The maximum absolute atomic E-state index is 11.9. The molecular weight excluding hydrogens is 246 g/mol. The van der Waals surface area contributed by atoms with Gasteiger partial charge in [-0.1, -0.05) is 13.8 Å². The first-order chi connectivity index (χ1) is 8.84. The summed E-state index contributed by atoms with van der Waals surface area (Å²) in [7, 11) is 0. The van der Waals surface area contributed by atoms with Gasteiger partial charge in [0.1, 0.15) is 0 Å². The Morgan fingerprint density at radius 1 is 1.47 bits per heavy atom. The van der Waals surface area contributed by atoms with Crippen LogP contribution in [0.15, 0.2) is 12.4 Å². The zero-order valence-electron chi connectivity index (χ0n) is 11.4. The van der Waals surface area contributed by atoms with Crippen molar-refractivity contribution in [3.8, 4) is 0 Å². The van der Waals surface area contributed by atoms with Crippen LogP contribution < -0.4 is 5.32 Å². The fourth-order valence-electron chi connectivity index (χ4n) is 2.58. The predicted molar refractivity (Wildman–Crippen MR) is 68.4 cm³/mol. The highest BCUT2D eigenvalue weighted by Gasteiger charge is 2.65. The molecule has 19 heavy (non-hydrogen) atoms. The molecule has 1 saturated carbocycles. The van der Waals surface area contributed by atoms with Crippen molar-refractivity contribution in [1.29, 1.82) is 0 Å². The van der Waals surface area contributed by atoms with Gasteiger partial charge in [0, 0.05) is 12.7 Å². The Bertz CT molecular complexity index is 507. The largest absolute Gasteiger partial charge is 0.481 e. The number of rotatable bonds is 5. The highest BCUT2D eigenvalue weighted by Crippen LogP contribution is 2.58. The summed E-state index contributed by atoms with van der Waals surface area (Å²) >= 11 is 0. The number of carboxylic acids is 1. The van der Waals surface area contributed by atoms with Crippen molar-refractivity contribution in [2.75, 3.05) is 6.54 Å². The zero-order valence-corrected chi connectivity index (χ0v) is 11.4. The van der Waals surface area contributed by atoms with E-state index in [-0.39, 0.29) is 5.91 Å². The third kappa shape index (κ3) is 2.62. The molecule has 0 bridgehead atoms. The minimum absolute atomic E-state index is 0.179. The number of amides is 1. The highest BCUT2D eigenvalue weighted by molar-refractivity contribution is 5.91. The third-order valence-electron chi connectivity index (χ3n) is 3.78. The fourth-order valence-corrected chi connectivity index (χ4v) is 2.58. The lowest BCUT2D eigenvalue weighted by Gasteiger charge is -2.06. The van der Waals surface area contributed by atoms with Crippen molar-refractivity contribution in [2.24, 2.45) is 17.3 Å². The summed E-state index contributed by atoms with van der Waals surface area (Å²) in [5.41, 5.74) is 0.624. The van der Waals surface area contributed by atoms with E-state index < -0.39 is 23.2 Å². The predicted octanol–water partition coefficient (Wildman–Crippen LogP) is 0.665. The quantitative estimate of drug-likeness (QED) is 0.819. The standard InChI is InChI=1S/C13H19N3O3/c1-8-6-15-16(7-8)5-4-14-11(17)9-10(12(18)19)13(9,2)3/h6-7,9-10H,4-5H2,1-3H3,(H,14,17)(H,18,19)/t9-,10+/m1/s1. The van der Waals surface area contributed by atoms with Gasteiger partial charge >= 0.3 is 5.97 Å². The molecule has 1 fully saturated rings. The summed E-state index contributed by atoms with van der Waals surface area (Å²) in [6, 6.07) is 0. The second kappa shape index (κ2) is 4.68. The maximum Gasteiger partial charge on any atom is 0.307 e. The number of carboxylic acid groups (broad SMARTS) is 1. The molecule has 0 spiro atoms. The van der Waals surface area contributed by atoms with E-state index in [2.05, 4.69) is 10.4 Å². The van der Waals surface area contributed by atoms with Crippen molar-refractivity contribution in [3.05, 3.63) is 18.0 Å². The number of aryl methyl sites for hydroxylation is 1. The summed E-state index contributed by atoms with van der Waals surface area (Å²) in [4.78, 5) is 22.9. The minimum atomic E-state index is -0.896. The van der Waals surface area contributed by atoms with E-state index in [1.54, 1.807) is 10.9 Å². The van der Waals surface area contributed by atoms with Crippen molar-refractivity contribution in [3.63, 3.8) is 0 Å². The lowest BCUT2D eigenvalue weighted by Crippen LogP contribution is -2.30. The van der Waals surface area contributed by atoms with Crippen molar-refractivity contribution in [1.82, 2.24) is 15.1 Å². The summed E-state index contributed by atoms with van der Waals surface area (Å²) in [6.07, 6.45) is 3.65. The van der Waals surface area contributed by atoms with Crippen molar-refractivity contribution < 1.29 is 14.7 Å². The molecule has 2 rings (SSSR count). The average Bonchev–Trinajstić information content (AvgIpc) is 2.65. The van der Waals surface area contributed by atoms with Gasteiger partial charge in [-0.25, -0.2) is 0 Å². The Labute approximate surface area is 111 Å². The molecule has 0 radical (unpaired) electrons. The molecule has 0 unspecified atom stereocenters. The third-order valence-corrected chi connectivity index (χ3v) is 3.78. The normalized spacial score (nSPS) is 23.9. The summed E-state index contributed by atoms with van der Waals surface area (Å²) < 4.78 is 1.75. The van der Waals surface area contributed by atoms with Gasteiger partial charge in [-0.2, -0.15) is 5.10 Å². The fraction of sp³-hybridized carbons (Fsp3) is 0.615. The first kappa shape index (κ1) is 13.6. The lowest BCUT2D eigenvalue weighted by molar-refractivity contribution is -0.140. The number of carbonyl (C=O) groups excluding carboxylic acids is 1. The zero-order chi connectivity index (χ0) is 14.2. The molecule has 1 aromatic heterocycles. The average molecular weight is 265 g/mol. The van der Waals surface area contributed by atoms with Gasteiger partial charge in [-0.3, -0.25) is 14.3 Å². The molecular formula is C13H19N3O3. The Morgan fingerprint density at radius 3 is 2.63 bits per heavy atom. The molecule has 0 aliphatic heterocycles. The molecule has 0 aromatic carbocycles. The first-order valence-corrected chi connectivity index (χ1v) is 6.33. The van der Waals surface area contributed by atoms with Crippen LogP contribution in [0.1, 0.15) is 19.4 Å². The SMILES string of the molecule is Cc1cnn(CCNC(=O)[C@H]2[C@@H](C(=O)O)C2(C)C)c1. The Morgan fingerprint density at radius 2 is 2.16 bits per heavy atom. The van der Waals surface area contributed by atoms with Crippen molar-refractivity contribution >= 4 is 11.9 Å². The van der Waals surface area contributed by atoms with Crippen LogP contribution >= 0.6 is 0 Å². The van der Waals surface area contributed by atoms with Crippen LogP contribution in [-0.4, -0.2) is 33.3 Å². The minimum Gasteiger partial charge on any atom is -0.481 e. The Kier molecular flexibility index (Phi) is 3.34. The van der Waals surface area contributed by atoms with Crippen molar-refractivity contribution in [2.45, 2.75) is 27.3 Å². The Hall–Kier alpha value is -1.85. The van der Waals surface area contributed by atoms with Gasteiger partial charge in [-0.15, -0.1) is 0 Å². The molecule has 2 N–H and O–H groups in total. The molecule has 1 amide bonds. The van der Waals surface area contributed by atoms with E-state index in [9.17, 15) is 9.59 Å². The van der Waals surface area contributed by atoms with Crippen LogP contribution in [0, 0.1) is 24.2 Å². The van der Waals surface area contributed by atoms with Crippen LogP contribution in [-0.2, 0) is 16.1 Å². The monoisotopic (exact) mass is 265 g/mol. The molecule has 1 aliphatic carbocycles. The number of nitrogens with zero attached hydrogens (tertiary/aromatic N) is 2. The van der Waals surface area contributed by atoms with Crippen LogP contribution in [0.5, 0.6) is 0 Å². The number of aromatic nitrogens is 2. The molecule has 6 nitrogen and oxygen atoms in total. The van der Waals surface area contributed by atoms with Gasteiger partial charge in [0.05, 0.1) is 24.6 Å². The van der Waals surface area contributed by atoms with E-state index in [1.165, 1.54) is 0 Å². The van der Waals surface area contributed by atoms with Gasteiger partial charge in [-0.05, 0) is 17.9 Å². The second-order valence-electron chi connectivity index (χ2n) is 5.69. The van der Waals surface area contributed by atoms with E-state index in [0.29, 0.717) is 13.1 Å². The topological polar surface area (TPSA) is 84.2 Å². The summed E-state index contributed by atoms with van der Waals surface area (Å²) in [5.74, 6) is -2.07. The van der Waals surface area contributed by atoms with Gasteiger partial charge in [0.25, 0.3) is 0 Å². The van der Waals surface area contributed by atoms with Crippen LogP contribution in [0.2, 0.25) is 0 Å². The van der Waals surface area contributed by atoms with Gasteiger partial charge in [0.15, 0.2) is 0 Å². The smallest absolute Gasteiger partial charge is 0.307 e. The number of nitrogens with one attached hydrogen (secondary N) is 1. The molecule has 1 aliphatic rings. The van der Waals surface area contributed by atoms with E-state index >= 15 is 0 Å². The van der Waals surface area contributed by atoms with Gasteiger partial charge in [0.2, 0.25) is 5.91 Å². The molecule has 2 atom stereocenters. The van der Waals surface area contributed by atoms with Crippen LogP contribution in [0.25, 0.3) is 0 Å². The molecule has 6 heteroatoms. The van der Waals surface area contributed by atoms with Crippen LogP contribution in [0.4, 0.5) is 0 Å². The molecule has 0 saturated heterocycles. The van der Waals surface area contributed by atoms with E-state index in [0.717, 1.165) is 5.56 Å². The number of aliphatic carboxylic acids is 1. The molecule has 1 heterocycles. The van der Waals surface area contributed by atoms with E-state index in [4.69, 9.17) is 5.11 Å². The first-order valence-electron chi connectivity index (χ1n) is 6.33. The summed E-state index contributed by atoms with van der Waals surface area (Å²) in [5, 5.41) is 15.9. The maximum atomic E-state index is 11.9. The number of carbonyl (C=O) groups is 2.